The Hall–Kier alpha value is -1.13. The molecule has 1 fully saturated rings. The number of halogens is 1. The summed E-state index contributed by atoms with van der Waals surface area (Å²) in [4.78, 5) is 22.1. The van der Waals surface area contributed by atoms with E-state index in [2.05, 4.69) is 10.1 Å². The topological polar surface area (TPSA) is 55.4 Å². The minimum atomic E-state index is -2.46. The molecule has 5 heteroatoms. The second-order valence-electron chi connectivity index (χ2n) is 2.88. The molecule has 0 aliphatic carbocycles. The quantitative estimate of drug-likeness (QED) is 0.497. The lowest BCUT2D eigenvalue weighted by atomic mass is 9.95. The number of rotatable bonds is 2. The molecule has 0 aromatic rings. The molecule has 0 saturated carbocycles. The fraction of sp³-hybridized carbons (Fsp3) is 0.750. The summed E-state index contributed by atoms with van der Waals surface area (Å²) in [7, 11) is 0. The van der Waals surface area contributed by atoms with Gasteiger partial charge in [0.1, 0.15) is 0 Å². The van der Waals surface area contributed by atoms with Crippen LogP contribution in [0.3, 0.4) is 0 Å². The summed E-state index contributed by atoms with van der Waals surface area (Å²) in [6.45, 7) is 2.07. The lowest BCUT2D eigenvalue weighted by Gasteiger charge is -2.26. The number of carbonyl (C=O) groups is 2. The summed E-state index contributed by atoms with van der Waals surface area (Å²) >= 11 is 0. The predicted octanol–water partition coefficient (Wildman–Crippen LogP) is 0.168. The molecule has 0 radical (unpaired) electrons. The highest BCUT2D eigenvalue weighted by atomic mass is 19.1. The van der Waals surface area contributed by atoms with E-state index in [1.54, 1.807) is 6.92 Å². The van der Waals surface area contributed by atoms with Crippen molar-refractivity contribution in [1.29, 1.82) is 0 Å². The molecule has 1 saturated heterocycles. The highest BCUT2D eigenvalue weighted by molar-refractivity contribution is 6.06. The summed E-state index contributed by atoms with van der Waals surface area (Å²) in [5, 5.41) is 2.30. The molecule has 1 aliphatic heterocycles. The highest BCUT2D eigenvalue weighted by Crippen LogP contribution is 2.23. The number of ether oxygens (including phenoxy) is 1. The Morgan fingerprint density at radius 1 is 1.77 bits per heavy atom. The van der Waals surface area contributed by atoms with E-state index in [1.165, 1.54) is 0 Å². The summed E-state index contributed by atoms with van der Waals surface area (Å²) < 4.78 is 18.1. The van der Waals surface area contributed by atoms with E-state index in [0.29, 0.717) is 13.0 Å². The molecule has 1 atom stereocenters. The number of hydrogen-bond donors (Lipinski definition) is 1. The SMILES string of the molecule is CCOC(=O)[C@]1(F)CCCNC1=O. The maximum absolute atomic E-state index is 13.7. The number of carbonyl (C=O) groups excluding carboxylic acids is 2. The molecule has 0 aromatic carbocycles. The van der Waals surface area contributed by atoms with Gasteiger partial charge in [-0.3, -0.25) is 4.79 Å². The molecule has 0 aromatic heterocycles. The van der Waals surface area contributed by atoms with Crippen LogP contribution in [0.15, 0.2) is 0 Å². The average Bonchev–Trinajstić information content (AvgIpc) is 2.11. The maximum Gasteiger partial charge on any atom is 0.353 e. The first-order valence-electron chi connectivity index (χ1n) is 4.25. The van der Waals surface area contributed by atoms with Crippen molar-refractivity contribution in [1.82, 2.24) is 5.32 Å². The molecular formula is C8H12FNO3. The van der Waals surface area contributed by atoms with Gasteiger partial charge in [0.2, 0.25) is 0 Å². The van der Waals surface area contributed by atoms with Crippen molar-refractivity contribution in [3.05, 3.63) is 0 Å². The van der Waals surface area contributed by atoms with Gasteiger partial charge in [-0.15, -0.1) is 0 Å². The standard InChI is InChI=1S/C8H12FNO3/c1-2-13-7(12)8(9)4-3-5-10-6(8)11/h2-5H2,1H3,(H,10,11)/t8-/m0/s1. The fourth-order valence-electron chi connectivity index (χ4n) is 1.23. The Kier molecular flexibility index (Phi) is 2.85. The van der Waals surface area contributed by atoms with Crippen molar-refractivity contribution in [2.75, 3.05) is 13.2 Å². The van der Waals surface area contributed by atoms with Crippen LogP contribution >= 0.6 is 0 Å². The third kappa shape index (κ3) is 1.79. The summed E-state index contributed by atoms with van der Waals surface area (Å²) in [5.74, 6) is -1.95. The van der Waals surface area contributed by atoms with Crippen LogP contribution in [0.25, 0.3) is 0 Å². The van der Waals surface area contributed by atoms with Gasteiger partial charge in [0.25, 0.3) is 11.6 Å². The zero-order valence-corrected chi connectivity index (χ0v) is 7.43. The lowest BCUT2D eigenvalue weighted by Crippen LogP contribution is -2.53. The van der Waals surface area contributed by atoms with Gasteiger partial charge in [0, 0.05) is 13.0 Å². The predicted molar refractivity (Wildman–Crippen MR) is 42.7 cm³/mol. The molecule has 1 heterocycles. The van der Waals surface area contributed by atoms with Gasteiger partial charge in [-0.1, -0.05) is 0 Å². The largest absolute Gasteiger partial charge is 0.463 e. The Bertz CT molecular complexity index is 231. The third-order valence-corrected chi connectivity index (χ3v) is 1.94. The first-order chi connectivity index (χ1) is 6.11. The minimum Gasteiger partial charge on any atom is -0.463 e. The number of piperidine rings is 1. The Labute approximate surface area is 75.4 Å². The smallest absolute Gasteiger partial charge is 0.353 e. The van der Waals surface area contributed by atoms with Gasteiger partial charge in [0.15, 0.2) is 0 Å². The summed E-state index contributed by atoms with van der Waals surface area (Å²) in [6, 6.07) is 0. The van der Waals surface area contributed by atoms with Crippen LogP contribution in [0, 0.1) is 0 Å². The van der Waals surface area contributed by atoms with Crippen LogP contribution in [0.2, 0.25) is 0 Å². The molecular weight excluding hydrogens is 177 g/mol. The summed E-state index contributed by atoms with van der Waals surface area (Å²) in [6.07, 6.45) is 0.374. The fourth-order valence-corrected chi connectivity index (χ4v) is 1.23. The molecule has 4 nitrogen and oxygen atoms in total. The number of amides is 1. The first-order valence-corrected chi connectivity index (χ1v) is 4.25. The van der Waals surface area contributed by atoms with Crippen LogP contribution in [0.5, 0.6) is 0 Å². The second-order valence-corrected chi connectivity index (χ2v) is 2.88. The van der Waals surface area contributed by atoms with Crippen LogP contribution in [-0.2, 0) is 14.3 Å². The van der Waals surface area contributed by atoms with Gasteiger partial charge >= 0.3 is 5.97 Å². The van der Waals surface area contributed by atoms with Crippen LogP contribution in [0.4, 0.5) is 4.39 Å². The van der Waals surface area contributed by atoms with Crippen molar-refractivity contribution in [3.8, 4) is 0 Å². The van der Waals surface area contributed by atoms with Crippen LogP contribution in [-0.4, -0.2) is 30.7 Å². The molecule has 1 aliphatic rings. The van der Waals surface area contributed by atoms with E-state index in [1.807, 2.05) is 0 Å². The molecule has 0 bridgehead atoms. The molecule has 1 N–H and O–H groups in total. The van der Waals surface area contributed by atoms with Crippen LogP contribution in [0.1, 0.15) is 19.8 Å². The minimum absolute atomic E-state index is 0.0811. The van der Waals surface area contributed by atoms with Gasteiger partial charge < -0.3 is 10.1 Å². The van der Waals surface area contributed by atoms with Gasteiger partial charge in [0.05, 0.1) is 6.61 Å². The van der Waals surface area contributed by atoms with Gasteiger partial charge in [-0.25, -0.2) is 9.18 Å². The Morgan fingerprint density at radius 3 is 3.00 bits per heavy atom. The van der Waals surface area contributed by atoms with Gasteiger partial charge in [-0.2, -0.15) is 0 Å². The van der Waals surface area contributed by atoms with Crippen molar-refractivity contribution in [2.24, 2.45) is 0 Å². The number of nitrogens with one attached hydrogen (secondary N) is 1. The zero-order valence-electron chi connectivity index (χ0n) is 7.43. The van der Waals surface area contributed by atoms with Crippen molar-refractivity contribution >= 4 is 11.9 Å². The van der Waals surface area contributed by atoms with E-state index in [0.717, 1.165) is 0 Å². The average molecular weight is 189 g/mol. The van der Waals surface area contributed by atoms with E-state index < -0.39 is 17.5 Å². The zero-order chi connectivity index (χ0) is 9.90. The van der Waals surface area contributed by atoms with E-state index in [9.17, 15) is 14.0 Å². The maximum atomic E-state index is 13.7. The monoisotopic (exact) mass is 189 g/mol. The molecule has 0 unspecified atom stereocenters. The van der Waals surface area contributed by atoms with Crippen LogP contribution < -0.4 is 5.32 Å². The first kappa shape index (κ1) is 9.95. The van der Waals surface area contributed by atoms with Crippen molar-refractivity contribution < 1.29 is 18.7 Å². The molecule has 1 rings (SSSR count). The third-order valence-electron chi connectivity index (χ3n) is 1.94. The number of esters is 1. The molecule has 0 spiro atoms. The Morgan fingerprint density at radius 2 is 2.46 bits per heavy atom. The number of hydrogen-bond acceptors (Lipinski definition) is 3. The molecule has 74 valence electrons. The molecule has 1 amide bonds. The number of alkyl halides is 1. The van der Waals surface area contributed by atoms with Crippen molar-refractivity contribution in [2.45, 2.75) is 25.4 Å². The van der Waals surface area contributed by atoms with E-state index in [4.69, 9.17) is 0 Å². The van der Waals surface area contributed by atoms with E-state index in [-0.39, 0.29) is 13.0 Å². The van der Waals surface area contributed by atoms with Gasteiger partial charge in [-0.05, 0) is 13.3 Å². The Balaban J connectivity index is 2.71. The van der Waals surface area contributed by atoms with Crippen molar-refractivity contribution in [3.63, 3.8) is 0 Å². The normalized spacial score (nSPS) is 28.0. The summed E-state index contributed by atoms with van der Waals surface area (Å²) in [5.41, 5.74) is -2.46. The van der Waals surface area contributed by atoms with E-state index >= 15 is 0 Å². The second kappa shape index (κ2) is 3.72. The lowest BCUT2D eigenvalue weighted by molar-refractivity contribution is -0.165. The molecule has 13 heavy (non-hydrogen) atoms. The highest BCUT2D eigenvalue weighted by Gasteiger charge is 2.49.